The van der Waals surface area contributed by atoms with Crippen LogP contribution in [-0.4, -0.2) is 65.9 Å². The molecule has 0 aromatic rings. The summed E-state index contributed by atoms with van der Waals surface area (Å²) in [5.74, 6) is 1.29. The molecule has 1 aliphatic heterocycles. The van der Waals surface area contributed by atoms with Crippen molar-refractivity contribution in [2.24, 2.45) is 11.8 Å². The molecule has 1 saturated heterocycles. The molecule has 1 N–H and O–H groups in total. The molecule has 0 atom stereocenters. The van der Waals surface area contributed by atoms with Crippen LogP contribution >= 0.6 is 0 Å². The minimum atomic E-state index is -0.417. The Labute approximate surface area is 134 Å². The zero-order valence-corrected chi connectivity index (χ0v) is 14.4. The predicted molar refractivity (Wildman–Crippen MR) is 86.8 cm³/mol. The number of hydrogen-bond donors (Lipinski definition) is 1. The van der Waals surface area contributed by atoms with Crippen LogP contribution in [0.4, 0.5) is 4.79 Å². The highest BCUT2D eigenvalue weighted by Crippen LogP contribution is 2.29. The monoisotopic (exact) mass is 312 g/mol. The van der Waals surface area contributed by atoms with Gasteiger partial charge in [-0.15, -0.1) is 0 Å². The molecule has 0 radical (unpaired) electrons. The smallest absolute Gasteiger partial charge is 0.410 e. The van der Waals surface area contributed by atoms with E-state index in [-0.39, 0.29) is 6.09 Å². The van der Waals surface area contributed by atoms with E-state index in [1.54, 1.807) is 0 Å². The molecule has 2 rings (SSSR count). The molecule has 1 amide bonds. The standard InChI is InChI=1S/C17H32N2O3/c1-17(2,3)22-16(21)19-10-8-18(9-11-19)12-14-4-6-15(13-20)7-5-14/h14-15,20H,4-13H2,1-3H3. The molecule has 1 saturated carbocycles. The maximum absolute atomic E-state index is 12.0. The third-order valence-electron chi connectivity index (χ3n) is 4.76. The van der Waals surface area contributed by atoms with Crippen molar-refractivity contribution in [2.75, 3.05) is 39.3 Å². The maximum atomic E-state index is 12.0. The van der Waals surface area contributed by atoms with Crippen molar-refractivity contribution in [3.8, 4) is 0 Å². The second kappa shape index (κ2) is 7.64. The second-order valence-corrected chi connectivity index (χ2v) is 7.84. The quantitative estimate of drug-likeness (QED) is 0.869. The molecule has 0 spiro atoms. The van der Waals surface area contributed by atoms with E-state index in [1.165, 1.54) is 25.7 Å². The molecule has 5 nitrogen and oxygen atoms in total. The van der Waals surface area contributed by atoms with Gasteiger partial charge in [0.25, 0.3) is 0 Å². The van der Waals surface area contributed by atoms with E-state index in [0.717, 1.165) is 38.6 Å². The molecule has 1 aliphatic carbocycles. The highest BCUT2D eigenvalue weighted by molar-refractivity contribution is 5.68. The summed E-state index contributed by atoms with van der Waals surface area (Å²) in [6.45, 7) is 10.6. The summed E-state index contributed by atoms with van der Waals surface area (Å²) in [5, 5.41) is 9.20. The van der Waals surface area contributed by atoms with Crippen LogP contribution in [0.15, 0.2) is 0 Å². The number of aliphatic hydroxyl groups excluding tert-OH is 1. The van der Waals surface area contributed by atoms with Crippen LogP contribution in [0.1, 0.15) is 46.5 Å². The summed E-state index contributed by atoms with van der Waals surface area (Å²) in [4.78, 5) is 16.3. The van der Waals surface area contributed by atoms with E-state index in [9.17, 15) is 9.90 Å². The van der Waals surface area contributed by atoms with Crippen LogP contribution in [0.5, 0.6) is 0 Å². The normalized spacial score (nSPS) is 27.7. The first-order chi connectivity index (χ1) is 10.4. The number of rotatable bonds is 3. The van der Waals surface area contributed by atoms with Gasteiger partial charge < -0.3 is 14.7 Å². The number of nitrogens with zero attached hydrogens (tertiary/aromatic N) is 2. The molecular formula is C17H32N2O3. The lowest BCUT2D eigenvalue weighted by atomic mass is 9.82. The van der Waals surface area contributed by atoms with Crippen molar-refractivity contribution < 1.29 is 14.6 Å². The molecule has 0 bridgehead atoms. The number of aliphatic hydroxyl groups is 1. The zero-order valence-electron chi connectivity index (χ0n) is 14.4. The van der Waals surface area contributed by atoms with E-state index in [2.05, 4.69) is 4.90 Å². The Hall–Kier alpha value is -0.810. The number of carbonyl (C=O) groups is 1. The Morgan fingerprint density at radius 2 is 1.59 bits per heavy atom. The molecule has 128 valence electrons. The Balaban J connectivity index is 1.68. The SMILES string of the molecule is CC(C)(C)OC(=O)N1CCN(CC2CCC(CO)CC2)CC1. The van der Waals surface area contributed by atoms with Gasteiger partial charge >= 0.3 is 6.09 Å². The number of ether oxygens (including phenoxy) is 1. The largest absolute Gasteiger partial charge is 0.444 e. The molecule has 0 unspecified atom stereocenters. The third kappa shape index (κ3) is 5.43. The Morgan fingerprint density at radius 1 is 1.05 bits per heavy atom. The van der Waals surface area contributed by atoms with Gasteiger partial charge in [-0.1, -0.05) is 0 Å². The lowest BCUT2D eigenvalue weighted by Gasteiger charge is -2.38. The van der Waals surface area contributed by atoms with Gasteiger partial charge in [-0.05, 0) is 58.3 Å². The summed E-state index contributed by atoms with van der Waals surface area (Å²) in [7, 11) is 0. The molecule has 1 heterocycles. The van der Waals surface area contributed by atoms with Gasteiger partial charge in [-0.25, -0.2) is 4.79 Å². The van der Waals surface area contributed by atoms with E-state index in [1.807, 2.05) is 25.7 Å². The minimum absolute atomic E-state index is 0.185. The predicted octanol–water partition coefficient (Wildman–Crippen LogP) is 2.34. The van der Waals surface area contributed by atoms with Gasteiger partial charge in [-0.2, -0.15) is 0 Å². The van der Waals surface area contributed by atoms with E-state index >= 15 is 0 Å². The average molecular weight is 312 g/mol. The van der Waals surface area contributed by atoms with Crippen LogP contribution in [0, 0.1) is 11.8 Å². The van der Waals surface area contributed by atoms with Crippen LogP contribution in [0.3, 0.4) is 0 Å². The molecule has 2 aliphatic rings. The van der Waals surface area contributed by atoms with Gasteiger partial charge in [0.15, 0.2) is 0 Å². The molecule has 0 aromatic carbocycles. The van der Waals surface area contributed by atoms with Crippen molar-refractivity contribution in [2.45, 2.75) is 52.1 Å². The highest BCUT2D eigenvalue weighted by atomic mass is 16.6. The summed E-state index contributed by atoms with van der Waals surface area (Å²) < 4.78 is 5.43. The van der Waals surface area contributed by atoms with Crippen LogP contribution in [0.2, 0.25) is 0 Å². The number of hydrogen-bond acceptors (Lipinski definition) is 4. The van der Waals surface area contributed by atoms with Crippen molar-refractivity contribution in [3.05, 3.63) is 0 Å². The molecular weight excluding hydrogens is 280 g/mol. The van der Waals surface area contributed by atoms with Gasteiger partial charge in [0.05, 0.1) is 0 Å². The van der Waals surface area contributed by atoms with Crippen molar-refractivity contribution >= 4 is 6.09 Å². The van der Waals surface area contributed by atoms with Gasteiger partial charge in [0.2, 0.25) is 0 Å². The summed E-state index contributed by atoms with van der Waals surface area (Å²) in [6.07, 6.45) is 4.61. The molecule has 2 fully saturated rings. The zero-order chi connectivity index (χ0) is 16.2. The van der Waals surface area contributed by atoms with E-state index < -0.39 is 5.60 Å². The fraction of sp³-hybridized carbons (Fsp3) is 0.941. The van der Waals surface area contributed by atoms with Crippen LogP contribution < -0.4 is 0 Å². The van der Waals surface area contributed by atoms with E-state index in [0.29, 0.717) is 12.5 Å². The Kier molecular flexibility index (Phi) is 6.09. The lowest BCUT2D eigenvalue weighted by molar-refractivity contribution is 0.0124. The van der Waals surface area contributed by atoms with Crippen molar-refractivity contribution in [3.63, 3.8) is 0 Å². The second-order valence-electron chi connectivity index (χ2n) is 7.84. The van der Waals surface area contributed by atoms with Gasteiger partial charge in [0, 0.05) is 39.3 Å². The van der Waals surface area contributed by atoms with Crippen LogP contribution in [-0.2, 0) is 4.74 Å². The first kappa shape index (κ1) is 17.5. The van der Waals surface area contributed by atoms with Crippen LogP contribution in [0.25, 0.3) is 0 Å². The fourth-order valence-electron chi connectivity index (χ4n) is 3.40. The average Bonchev–Trinajstić information content (AvgIpc) is 2.47. The van der Waals surface area contributed by atoms with Gasteiger partial charge in [-0.3, -0.25) is 4.90 Å². The first-order valence-electron chi connectivity index (χ1n) is 8.68. The fourth-order valence-corrected chi connectivity index (χ4v) is 3.40. The minimum Gasteiger partial charge on any atom is -0.444 e. The Morgan fingerprint density at radius 3 is 2.09 bits per heavy atom. The third-order valence-corrected chi connectivity index (χ3v) is 4.76. The molecule has 0 aromatic heterocycles. The summed E-state index contributed by atoms with van der Waals surface area (Å²) in [6, 6.07) is 0. The van der Waals surface area contributed by atoms with E-state index in [4.69, 9.17) is 4.74 Å². The van der Waals surface area contributed by atoms with Crippen molar-refractivity contribution in [1.82, 2.24) is 9.80 Å². The van der Waals surface area contributed by atoms with Gasteiger partial charge in [0.1, 0.15) is 5.60 Å². The highest BCUT2D eigenvalue weighted by Gasteiger charge is 2.28. The lowest BCUT2D eigenvalue weighted by Crippen LogP contribution is -2.51. The first-order valence-corrected chi connectivity index (χ1v) is 8.68. The Bertz CT molecular complexity index is 351. The molecule has 5 heteroatoms. The van der Waals surface area contributed by atoms with Crippen molar-refractivity contribution in [1.29, 1.82) is 0 Å². The summed E-state index contributed by atoms with van der Waals surface area (Å²) >= 11 is 0. The number of amides is 1. The topological polar surface area (TPSA) is 53.0 Å². The molecule has 22 heavy (non-hydrogen) atoms. The number of carbonyl (C=O) groups excluding carboxylic acids is 1. The summed E-state index contributed by atoms with van der Waals surface area (Å²) in [5.41, 5.74) is -0.417. The maximum Gasteiger partial charge on any atom is 0.410 e. The number of piperazine rings is 1.